The minimum atomic E-state index is -0.457. The number of benzene rings is 2. The number of hydrogen-bond donors (Lipinski definition) is 4. The van der Waals surface area contributed by atoms with Crippen LogP contribution >= 0.6 is 11.6 Å². The number of imidazole rings is 1. The summed E-state index contributed by atoms with van der Waals surface area (Å²) < 4.78 is 0. The van der Waals surface area contributed by atoms with Crippen molar-refractivity contribution in [2.24, 2.45) is 0 Å². The Bertz CT molecular complexity index is 1110. The molecule has 7 nitrogen and oxygen atoms in total. The van der Waals surface area contributed by atoms with Crippen LogP contribution in [0.3, 0.4) is 0 Å². The number of hydrogen-bond acceptors (Lipinski definition) is 3. The molecular formula is C17H12ClN5O2. The highest BCUT2D eigenvalue weighted by Crippen LogP contribution is 2.20. The Labute approximate surface area is 146 Å². The van der Waals surface area contributed by atoms with Crippen molar-refractivity contribution in [3.05, 3.63) is 65.1 Å². The number of aromatic nitrogens is 3. The number of halogens is 1. The lowest BCUT2D eigenvalue weighted by Crippen LogP contribution is -2.41. The van der Waals surface area contributed by atoms with Crippen LogP contribution in [0.1, 0.15) is 20.8 Å². The first-order valence-corrected chi connectivity index (χ1v) is 7.80. The van der Waals surface area contributed by atoms with Crippen molar-refractivity contribution in [1.29, 1.82) is 0 Å². The van der Waals surface area contributed by atoms with Gasteiger partial charge in [-0.2, -0.15) is 0 Å². The first-order valence-electron chi connectivity index (χ1n) is 7.42. The number of nitrogens with zero attached hydrogens (tertiary/aromatic N) is 1. The molecule has 0 aliphatic heterocycles. The van der Waals surface area contributed by atoms with Crippen molar-refractivity contribution >= 4 is 45.4 Å². The summed E-state index contributed by atoms with van der Waals surface area (Å²) in [6, 6.07) is 12.0. The second kappa shape index (κ2) is 5.95. The average molecular weight is 354 g/mol. The number of aromatic amines is 2. The number of nitrogens with one attached hydrogen (secondary N) is 4. The van der Waals surface area contributed by atoms with E-state index in [0.717, 1.165) is 16.4 Å². The zero-order valence-electron chi connectivity index (χ0n) is 12.8. The molecule has 0 spiro atoms. The van der Waals surface area contributed by atoms with Crippen LogP contribution in [0, 0.1) is 0 Å². The van der Waals surface area contributed by atoms with E-state index in [1.54, 1.807) is 48.8 Å². The molecule has 0 atom stereocenters. The second-order valence-corrected chi connectivity index (χ2v) is 5.89. The summed E-state index contributed by atoms with van der Waals surface area (Å²) in [7, 11) is 0. The Kier molecular flexibility index (Phi) is 3.62. The summed E-state index contributed by atoms with van der Waals surface area (Å²) >= 11 is 5.93. The fraction of sp³-hybridized carbons (Fsp3) is 0. The molecule has 8 heteroatoms. The molecule has 4 rings (SSSR count). The Hall–Kier alpha value is -3.32. The van der Waals surface area contributed by atoms with E-state index in [-0.39, 0.29) is 0 Å². The molecule has 0 radical (unpaired) electrons. The van der Waals surface area contributed by atoms with Gasteiger partial charge in [0.25, 0.3) is 11.8 Å². The van der Waals surface area contributed by atoms with E-state index in [1.807, 2.05) is 0 Å². The molecule has 4 N–H and O–H groups in total. The zero-order valence-corrected chi connectivity index (χ0v) is 13.5. The standard InChI is InChI=1S/C17H12ClN5O2/c18-11-2-4-12-10(5-11)7-15(21-12)17(25)23-22-16(24)9-1-3-13-14(6-9)20-8-19-13/h1-8,21H,(H,19,20)(H,22,24)(H,23,25). The molecule has 124 valence electrons. The molecule has 25 heavy (non-hydrogen) atoms. The van der Waals surface area contributed by atoms with Crippen molar-refractivity contribution < 1.29 is 9.59 Å². The summed E-state index contributed by atoms with van der Waals surface area (Å²) in [5.74, 6) is -0.890. The molecule has 0 aliphatic rings. The summed E-state index contributed by atoms with van der Waals surface area (Å²) in [5, 5.41) is 1.40. The number of fused-ring (bicyclic) bond motifs is 2. The minimum absolute atomic E-state index is 0.320. The smallest absolute Gasteiger partial charge is 0.286 e. The monoisotopic (exact) mass is 353 g/mol. The van der Waals surface area contributed by atoms with E-state index < -0.39 is 11.8 Å². The van der Waals surface area contributed by atoms with Crippen LogP contribution in [-0.2, 0) is 0 Å². The van der Waals surface area contributed by atoms with E-state index in [4.69, 9.17) is 11.6 Å². The highest BCUT2D eigenvalue weighted by atomic mass is 35.5. The van der Waals surface area contributed by atoms with Crippen molar-refractivity contribution in [2.75, 3.05) is 0 Å². The van der Waals surface area contributed by atoms with E-state index in [2.05, 4.69) is 25.8 Å². The van der Waals surface area contributed by atoms with Crippen LogP contribution < -0.4 is 10.9 Å². The summed E-state index contributed by atoms with van der Waals surface area (Å²) in [6.07, 6.45) is 1.55. The predicted molar refractivity (Wildman–Crippen MR) is 94.3 cm³/mol. The summed E-state index contributed by atoms with van der Waals surface area (Å²) in [5.41, 5.74) is 7.77. The number of H-pyrrole nitrogens is 2. The predicted octanol–water partition coefficient (Wildman–Crippen LogP) is 2.77. The fourth-order valence-corrected chi connectivity index (χ4v) is 2.73. The first kappa shape index (κ1) is 15.2. The van der Waals surface area contributed by atoms with Gasteiger partial charge in [-0.15, -0.1) is 0 Å². The van der Waals surface area contributed by atoms with E-state index in [1.165, 1.54) is 0 Å². The SMILES string of the molecule is O=C(NNC(=O)c1cc2cc(Cl)ccc2[nH]1)c1ccc2[nH]cnc2c1. The average Bonchev–Trinajstić information content (AvgIpc) is 3.24. The molecule has 2 aromatic heterocycles. The maximum Gasteiger partial charge on any atom is 0.286 e. The van der Waals surface area contributed by atoms with Crippen LogP contribution in [-0.4, -0.2) is 26.8 Å². The summed E-state index contributed by atoms with van der Waals surface area (Å²) in [6.45, 7) is 0. The van der Waals surface area contributed by atoms with Gasteiger partial charge in [0.15, 0.2) is 0 Å². The highest BCUT2D eigenvalue weighted by molar-refractivity contribution is 6.31. The number of rotatable bonds is 2. The van der Waals surface area contributed by atoms with Gasteiger partial charge in [-0.25, -0.2) is 4.98 Å². The first-order chi connectivity index (χ1) is 12.1. The van der Waals surface area contributed by atoms with Crippen molar-refractivity contribution in [3.8, 4) is 0 Å². The van der Waals surface area contributed by atoms with Crippen molar-refractivity contribution in [3.63, 3.8) is 0 Å². The van der Waals surface area contributed by atoms with Crippen LogP contribution in [0.5, 0.6) is 0 Å². The van der Waals surface area contributed by atoms with Crippen molar-refractivity contribution in [1.82, 2.24) is 25.8 Å². The van der Waals surface area contributed by atoms with Gasteiger partial charge in [0.2, 0.25) is 0 Å². The molecule has 2 heterocycles. The minimum Gasteiger partial charge on any atom is -0.350 e. The Morgan fingerprint density at radius 2 is 1.76 bits per heavy atom. The van der Waals surface area contributed by atoms with Gasteiger partial charge in [-0.3, -0.25) is 20.4 Å². The Balaban J connectivity index is 1.47. The molecule has 0 aliphatic carbocycles. The van der Waals surface area contributed by atoms with Crippen LogP contribution in [0.25, 0.3) is 21.9 Å². The topological polar surface area (TPSA) is 103 Å². The summed E-state index contributed by atoms with van der Waals surface area (Å²) in [4.78, 5) is 34.4. The third-order valence-electron chi connectivity index (χ3n) is 3.80. The van der Waals surface area contributed by atoms with E-state index in [9.17, 15) is 9.59 Å². The molecule has 0 saturated carbocycles. The van der Waals surface area contributed by atoms with Gasteiger partial charge < -0.3 is 9.97 Å². The third-order valence-corrected chi connectivity index (χ3v) is 4.04. The van der Waals surface area contributed by atoms with E-state index in [0.29, 0.717) is 21.8 Å². The highest BCUT2D eigenvalue weighted by Gasteiger charge is 2.12. The maximum absolute atomic E-state index is 12.2. The van der Waals surface area contributed by atoms with Crippen LogP contribution in [0.15, 0.2) is 48.8 Å². The lowest BCUT2D eigenvalue weighted by molar-refractivity contribution is 0.0844. The lowest BCUT2D eigenvalue weighted by atomic mass is 10.2. The van der Waals surface area contributed by atoms with Gasteiger partial charge in [0, 0.05) is 21.5 Å². The zero-order chi connectivity index (χ0) is 17.4. The Morgan fingerprint density at radius 1 is 0.960 bits per heavy atom. The number of carbonyl (C=O) groups is 2. The molecule has 0 bridgehead atoms. The van der Waals surface area contributed by atoms with Gasteiger partial charge in [-0.05, 0) is 42.5 Å². The van der Waals surface area contributed by atoms with E-state index >= 15 is 0 Å². The van der Waals surface area contributed by atoms with Crippen LogP contribution in [0.2, 0.25) is 5.02 Å². The quantitative estimate of drug-likeness (QED) is 0.417. The molecule has 0 unspecified atom stereocenters. The second-order valence-electron chi connectivity index (χ2n) is 5.46. The number of hydrazine groups is 1. The Morgan fingerprint density at radius 3 is 2.64 bits per heavy atom. The largest absolute Gasteiger partial charge is 0.350 e. The van der Waals surface area contributed by atoms with Gasteiger partial charge in [0.1, 0.15) is 5.69 Å². The lowest BCUT2D eigenvalue weighted by Gasteiger charge is -2.06. The third kappa shape index (κ3) is 2.92. The number of amides is 2. The molecule has 2 amide bonds. The van der Waals surface area contributed by atoms with Crippen molar-refractivity contribution in [2.45, 2.75) is 0 Å². The molecule has 2 aromatic carbocycles. The molecule has 0 saturated heterocycles. The number of carbonyl (C=O) groups excluding carboxylic acids is 2. The normalized spacial score (nSPS) is 10.9. The maximum atomic E-state index is 12.2. The van der Waals surface area contributed by atoms with Gasteiger partial charge in [0.05, 0.1) is 17.4 Å². The van der Waals surface area contributed by atoms with Crippen LogP contribution in [0.4, 0.5) is 0 Å². The molecular weight excluding hydrogens is 342 g/mol. The molecule has 0 fully saturated rings. The van der Waals surface area contributed by atoms with Gasteiger partial charge >= 0.3 is 0 Å². The van der Waals surface area contributed by atoms with Gasteiger partial charge in [-0.1, -0.05) is 11.6 Å². The molecule has 4 aromatic rings. The fourth-order valence-electron chi connectivity index (χ4n) is 2.55.